The minimum atomic E-state index is -1.59. The molecule has 0 aromatic rings. The summed E-state index contributed by atoms with van der Waals surface area (Å²) < 4.78 is 0. The Kier molecular flexibility index (Phi) is 10.7. The first kappa shape index (κ1) is 24.4. The minimum absolute atomic E-state index is 0.424. The molecule has 2 aliphatic carbocycles. The van der Waals surface area contributed by atoms with E-state index in [-0.39, 0.29) is 0 Å². The first-order valence-electron chi connectivity index (χ1n) is 12.0. The minimum Gasteiger partial charge on any atom is -0.393 e. The fraction of sp³-hybridized carbons (Fsp3) is 0.769. The Morgan fingerprint density at radius 3 is 2.55 bits per heavy atom. The molecule has 3 heteroatoms. The van der Waals surface area contributed by atoms with Gasteiger partial charge in [-0.1, -0.05) is 56.6 Å². The molecule has 0 radical (unpaired) electrons. The predicted molar refractivity (Wildman–Crippen MR) is 122 cm³/mol. The highest BCUT2D eigenvalue weighted by Gasteiger charge is 2.31. The highest BCUT2D eigenvalue weighted by molar-refractivity contribution is 5.02. The average molecular weight is 405 g/mol. The fourth-order valence-electron chi connectivity index (χ4n) is 4.82. The van der Waals surface area contributed by atoms with Gasteiger partial charge in [0.25, 0.3) is 0 Å². The van der Waals surface area contributed by atoms with Crippen LogP contribution in [0.4, 0.5) is 0 Å². The number of aliphatic hydroxyl groups excluding tert-OH is 2. The summed E-state index contributed by atoms with van der Waals surface area (Å²) in [5.41, 5.74) is -1.59. The van der Waals surface area contributed by atoms with Crippen LogP contribution in [0.15, 0.2) is 37.0 Å². The van der Waals surface area contributed by atoms with Crippen molar-refractivity contribution in [2.75, 3.05) is 6.61 Å². The number of unbranched alkanes of at least 4 members (excludes halogenated alkanes) is 1. The van der Waals surface area contributed by atoms with E-state index in [4.69, 9.17) is 0 Å². The van der Waals surface area contributed by atoms with Crippen molar-refractivity contribution in [3.8, 4) is 0 Å². The largest absolute Gasteiger partial charge is 0.393 e. The maximum atomic E-state index is 10.0. The van der Waals surface area contributed by atoms with Gasteiger partial charge in [0, 0.05) is 0 Å². The SMILES string of the molecule is C=CC(O)(CO)C(O)CC/C=C\C[C@H]1CCC[C@@H]1/C=C/C[C@H](CCCC)C1CC1. The van der Waals surface area contributed by atoms with Crippen LogP contribution in [0.2, 0.25) is 0 Å². The second-order valence-electron chi connectivity index (χ2n) is 9.41. The lowest BCUT2D eigenvalue weighted by Crippen LogP contribution is -2.43. The molecule has 2 rings (SSSR count). The number of hydrogen-bond donors (Lipinski definition) is 3. The molecule has 166 valence electrons. The van der Waals surface area contributed by atoms with Gasteiger partial charge in [0.15, 0.2) is 0 Å². The molecule has 2 fully saturated rings. The Bertz CT molecular complexity index is 522. The average Bonchev–Trinajstić information content (AvgIpc) is 3.49. The summed E-state index contributed by atoms with van der Waals surface area (Å²) in [5, 5.41) is 29.3. The summed E-state index contributed by atoms with van der Waals surface area (Å²) in [6, 6.07) is 0. The number of allylic oxidation sites excluding steroid dienone is 4. The Labute approximate surface area is 178 Å². The van der Waals surface area contributed by atoms with Crippen LogP contribution in [0, 0.1) is 23.7 Å². The summed E-state index contributed by atoms with van der Waals surface area (Å²) >= 11 is 0. The summed E-state index contributed by atoms with van der Waals surface area (Å²) in [4.78, 5) is 0. The molecule has 29 heavy (non-hydrogen) atoms. The fourth-order valence-corrected chi connectivity index (χ4v) is 4.82. The molecule has 2 unspecified atom stereocenters. The molecule has 0 aromatic carbocycles. The summed E-state index contributed by atoms with van der Waals surface area (Å²) in [5.74, 6) is 3.39. The van der Waals surface area contributed by atoms with Crippen molar-refractivity contribution in [3.05, 3.63) is 37.0 Å². The van der Waals surface area contributed by atoms with Crippen LogP contribution in [0.3, 0.4) is 0 Å². The van der Waals surface area contributed by atoms with Crippen LogP contribution in [0.1, 0.15) is 84.0 Å². The van der Waals surface area contributed by atoms with Crippen molar-refractivity contribution < 1.29 is 15.3 Å². The Morgan fingerprint density at radius 1 is 1.10 bits per heavy atom. The van der Waals surface area contributed by atoms with Gasteiger partial charge in [0.05, 0.1) is 12.7 Å². The van der Waals surface area contributed by atoms with Gasteiger partial charge < -0.3 is 15.3 Å². The second kappa shape index (κ2) is 12.7. The molecule has 0 aromatic heterocycles. The summed E-state index contributed by atoms with van der Waals surface area (Å²) in [6.45, 7) is 5.29. The first-order chi connectivity index (χ1) is 14.0. The van der Waals surface area contributed by atoms with E-state index < -0.39 is 18.3 Å². The van der Waals surface area contributed by atoms with E-state index in [2.05, 4.69) is 37.8 Å². The van der Waals surface area contributed by atoms with Crippen LogP contribution in [0.5, 0.6) is 0 Å². The highest BCUT2D eigenvalue weighted by atomic mass is 16.4. The van der Waals surface area contributed by atoms with Gasteiger partial charge in [-0.25, -0.2) is 0 Å². The standard InChI is InChI=1S/C26H44O3/c1-3-5-11-21(24-18-19-24)13-9-15-23-16-10-14-22(23)12-7-6-8-17-25(28)26(29,4-2)20-27/h4,6-7,9,15,21-25,27-29H,2-3,5,8,10-14,16-20H2,1H3/b7-6-,15-9+/t21-,22-,23-,25?,26?/m0/s1. The van der Waals surface area contributed by atoms with E-state index in [1.165, 1.54) is 63.9 Å². The molecule has 0 aliphatic heterocycles. The molecule has 3 nitrogen and oxygen atoms in total. The van der Waals surface area contributed by atoms with E-state index in [1.807, 2.05) is 0 Å². The number of rotatable bonds is 15. The summed E-state index contributed by atoms with van der Waals surface area (Å²) in [6.07, 6.45) is 24.1. The Hall–Kier alpha value is -0.900. The van der Waals surface area contributed by atoms with Crippen molar-refractivity contribution in [2.45, 2.75) is 95.7 Å². The van der Waals surface area contributed by atoms with Crippen molar-refractivity contribution in [1.82, 2.24) is 0 Å². The topological polar surface area (TPSA) is 60.7 Å². The number of hydrogen-bond acceptors (Lipinski definition) is 3. The van der Waals surface area contributed by atoms with Gasteiger partial charge in [-0.05, 0) is 81.5 Å². The van der Waals surface area contributed by atoms with Crippen LogP contribution < -0.4 is 0 Å². The van der Waals surface area contributed by atoms with Crippen molar-refractivity contribution in [3.63, 3.8) is 0 Å². The van der Waals surface area contributed by atoms with Gasteiger partial charge in [-0.2, -0.15) is 0 Å². The normalized spacial score (nSPS) is 26.8. The molecule has 0 spiro atoms. The maximum absolute atomic E-state index is 10.0. The third-order valence-corrected chi connectivity index (χ3v) is 7.15. The first-order valence-corrected chi connectivity index (χ1v) is 12.0. The highest BCUT2D eigenvalue weighted by Crippen LogP contribution is 2.42. The zero-order valence-corrected chi connectivity index (χ0v) is 18.5. The zero-order valence-electron chi connectivity index (χ0n) is 18.5. The van der Waals surface area contributed by atoms with E-state index >= 15 is 0 Å². The molecule has 5 atom stereocenters. The monoisotopic (exact) mass is 404 g/mol. The Balaban J connectivity index is 1.70. The third kappa shape index (κ3) is 8.03. The lowest BCUT2D eigenvalue weighted by atomic mass is 9.89. The third-order valence-electron chi connectivity index (χ3n) is 7.15. The van der Waals surface area contributed by atoms with Gasteiger partial charge in [-0.15, -0.1) is 6.58 Å². The molecular formula is C26H44O3. The molecule has 2 saturated carbocycles. The Morgan fingerprint density at radius 2 is 1.90 bits per heavy atom. The van der Waals surface area contributed by atoms with Gasteiger partial charge in [0.1, 0.15) is 5.60 Å². The van der Waals surface area contributed by atoms with Crippen molar-refractivity contribution >= 4 is 0 Å². The van der Waals surface area contributed by atoms with E-state index in [1.54, 1.807) is 0 Å². The van der Waals surface area contributed by atoms with E-state index in [0.717, 1.165) is 30.1 Å². The molecule has 0 saturated heterocycles. The van der Waals surface area contributed by atoms with E-state index in [9.17, 15) is 15.3 Å². The van der Waals surface area contributed by atoms with Crippen LogP contribution in [0.25, 0.3) is 0 Å². The zero-order chi connectivity index (χ0) is 21.1. The maximum Gasteiger partial charge on any atom is 0.131 e. The molecule has 0 amide bonds. The van der Waals surface area contributed by atoms with E-state index in [0.29, 0.717) is 12.8 Å². The lowest BCUT2D eigenvalue weighted by Gasteiger charge is -2.27. The van der Waals surface area contributed by atoms with Gasteiger partial charge in [-0.3, -0.25) is 0 Å². The lowest BCUT2D eigenvalue weighted by molar-refractivity contribution is -0.0731. The summed E-state index contributed by atoms with van der Waals surface area (Å²) in [7, 11) is 0. The quantitative estimate of drug-likeness (QED) is 0.313. The van der Waals surface area contributed by atoms with Crippen molar-refractivity contribution in [2.24, 2.45) is 23.7 Å². The molecule has 0 heterocycles. The molecule has 0 bridgehead atoms. The number of aliphatic hydroxyl groups is 3. The van der Waals surface area contributed by atoms with Crippen LogP contribution in [-0.4, -0.2) is 33.6 Å². The molecule has 2 aliphatic rings. The van der Waals surface area contributed by atoms with Gasteiger partial charge >= 0.3 is 0 Å². The van der Waals surface area contributed by atoms with Crippen molar-refractivity contribution in [1.29, 1.82) is 0 Å². The smallest absolute Gasteiger partial charge is 0.131 e. The predicted octanol–water partition coefficient (Wildman–Crippen LogP) is 5.56. The van der Waals surface area contributed by atoms with Crippen LogP contribution in [-0.2, 0) is 0 Å². The second-order valence-corrected chi connectivity index (χ2v) is 9.41. The molecule has 3 N–H and O–H groups in total. The van der Waals surface area contributed by atoms with Gasteiger partial charge in [0.2, 0.25) is 0 Å². The van der Waals surface area contributed by atoms with Crippen LogP contribution >= 0.6 is 0 Å². The molecular weight excluding hydrogens is 360 g/mol.